The molecule has 0 unspecified atom stereocenters. The third kappa shape index (κ3) is 3.76. The number of nitrogens with two attached hydrogens (primary N) is 1. The summed E-state index contributed by atoms with van der Waals surface area (Å²) < 4.78 is 27.9. The summed E-state index contributed by atoms with van der Waals surface area (Å²) in [6, 6.07) is 3.53. The molecule has 2 rings (SSSR count). The van der Waals surface area contributed by atoms with Crippen LogP contribution in [0.3, 0.4) is 0 Å². The van der Waals surface area contributed by atoms with Gasteiger partial charge < -0.3 is 5.73 Å². The first kappa shape index (κ1) is 16.3. The van der Waals surface area contributed by atoms with Crippen LogP contribution in [-0.4, -0.2) is 32.5 Å². The van der Waals surface area contributed by atoms with Crippen LogP contribution >= 0.6 is 23.1 Å². The summed E-state index contributed by atoms with van der Waals surface area (Å²) in [5.74, 6) is 0. The fourth-order valence-corrected chi connectivity index (χ4v) is 6.10. The van der Waals surface area contributed by atoms with Gasteiger partial charge in [0, 0.05) is 16.2 Å². The Morgan fingerprint density at radius 3 is 2.70 bits per heavy atom. The Labute approximate surface area is 129 Å². The minimum absolute atomic E-state index is 0.0877. The fourth-order valence-electron chi connectivity index (χ4n) is 2.55. The molecule has 0 radical (unpaired) electrons. The minimum Gasteiger partial charge on any atom is -0.330 e. The van der Waals surface area contributed by atoms with E-state index in [0.717, 1.165) is 24.1 Å². The average molecular weight is 335 g/mol. The average Bonchev–Trinajstić information content (AvgIpc) is 3.07. The molecule has 4 nitrogen and oxygen atoms in total. The number of thiophene rings is 1. The van der Waals surface area contributed by atoms with Crippen molar-refractivity contribution in [2.45, 2.75) is 41.1 Å². The molecule has 1 aromatic heterocycles. The first-order chi connectivity index (χ1) is 9.51. The Kier molecular flexibility index (Phi) is 5.53. The Morgan fingerprint density at radius 1 is 1.40 bits per heavy atom. The Balaban J connectivity index is 2.03. The molecule has 0 aromatic carbocycles. The molecule has 20 heavy (non-hydrogen) atoms. The lowest BCUT2D eigenvalue weighted by Gasteiger charge is -2.26. The van der Waals surface area contributed by atoms with Gasteiger partial charge in [0.1, 0.15) is 4.21 Å². The maximum atomic E-state index is 12.3. The van der Waals surface area contributed by atoms with E-state index in [4.69, 9.17) is 5.73 Å². The lowest BCUT2D eigenvalue weighted by atomic mass is 10.1. The number of hydrogen-bond donors (Lipinski definition) is 2. The van der Waals surface area contributed by atoms with E-state index < -0.39 is 10.0 Å². The minimum atomic E-state index is -3.38. The van der Waals surface area contributed by atoms with Crippen LogP contribution in [0.5, 0.6) is 0 Å². The molecule has 0 spiro atoms. The lowest BCUT2D eigenvalue weighted by molar-refractivity contribution is 0.552. The van der Waals surface area contributed by atoms with E-state index in [9.17, 15) is 8.42 Å². The summed E-state index contributed by atoms with van der Waals surface area (Å²) in [6.07, 6.45) is 7.39. The number of thioether (sulfide) groups is 1. The third-order valence-electron chi connectivity index (χ3n) is 3.82. The molecule has 3 N–H and O–H groups in total. The van der Waals surface area contributed by atoms with E-state index >= 15 is 0 Å². The summed E-state index contributed by atoms with van der Waals surface area (Å²) >= 11 is 3.11. The molecule has 0 aliphatic heterocycles. The molecule has 1 aromatic rings. The van der Waals surface area contributed by atoms with Crippen molar-refractivity contribution in [3.63, 3.8) is 0 Å². The van der Waals surface area contributed by atoms with Gasteiger partial charge in [-0.25, -0.2) is 13.1 Å². The van der Waals surface area contributed by atoms with Crippen molar-refractivity contribution >= 4 is 33.1 Å². The Hall–Kier alpha value is -0.0800. The van der Waals surface area contributed by atoms with Gasteiger partial charge in [-0.1, -0.05) is 12.8 Å². The van der Waals surface area contributed by atoms with Crippen molar-refractivity contribution in [2.75, 3.05) is 19.3 Å². The molecule has 1 aliphatic rings. The molecule has 0 saturated heterocycles. The molecule has 1 heterocycles. The van der Waals surface area contributed by atoms with Crippen molar-refractivity contribution in [2.24, 2.45) is 5.73 Å². The standard InChI is InChI=1S/C13H22N2O2S3/c1-18-13(7-2-3-8-13)10-15-20(16,17)12-5-4-11(19-12)6-9-14/h4-5,15H,2-3,6-10,14H2,1H3. The van der Waals surface area contributed by atoms with E-state index in [-0.39, 0.29) is 4.75 Å². The molecule has 114 valence electrons. The third-order valence-corrected chi connectivity index (χ3v) is 8.28. The van der Waals surface area contributed by atoms with Crippen LogP contribution in [0.25, 0.3) is 0 Å². The van der Waals surface area contributed by atoms with Gasteiger partial charge in [0.05, 0.1) is 0 Å². The first-order valence-corrected chi connectivity index (χ1v) is 10.4. The van der Waals surface area contributed by atoms with Crippen molar-refractivity contribution in [1.29, 1.82) is 0 Å². The van der Waals surface area contributed by atoms with Crippen LogP contribution in [0.4, 0.5) is 0 Å². The predicted octanol–water partition coefficient (Wildman–Crippen LogP) is 2.20. The normalized spacial score (nSPS) is 18.5. The first-order valence-electron chi connectivity index (χ1n) is 6.85. The highest BCUT2D eigenvalue weighted by atomic mass is 32.2. The Bertz CT molecular complexity index is 534. The predicted molar refractivity (Wildman–Crippen MR) is 87.0 cm³/mol. The van der Waals surface area contributed by atoms with Crippen LogP contribution < -0.4 is 10.5 Å². The second kappa shape index (κ2) is 6.79. The van der Waals surface area contributed by atoms with Crippen molar-refractivity contribution in [3.05, 3.63) is 17.0 Å². The molecular formula is C13H22N2O2S3. The van der Waals surface area contributed by atoms with E-state index in [2.05, 4.69) is 11.0 Å². The van der Waals surface area contributed by atoms with E-state index in [1.807, 2.05) is 6.07 Å². The largest absolute Gasteiger partial charge is 0.330 e. The maximum Gasteiger partial charge on any atom is 0.250 e. The van der Waals surface area contributed by atoms with Gasteiger partial charge in [0.2, 0.25) is 10.0 Å². The highest BCUT2D eigenvalue weighted by Gasteiger charge is 2.34. The van der Waals surface area contributed by atoms with Crippen LogP contribution in [0.2, 0.25) is 0 Å². The summed E-state index contributed by atoms with van der Waals surface area (Å²) in [5.41, 5.74) is 5.49. The SMILES string of the molecule is CSC1(CNS(=O)(=O)c2ccc(CCN)s2)CCCC1. The van der Waals surface area contributed by atoms with Crippen molar-refractivity contribution < 1.29 is 8.42 Å². The zero-order chi connectivity index (χ0) is 14.6. The van der Waals surface area contributed by atoms with Gasteiger partial charge in [-0.3, -0.25) is 0 Å². The smallest absolute Gasteiger partial charge is 0.250 e. The zero-order valence-corrected chi connectivity index (χ0v) is 14.2. The maximum absolute atomic E-state index is 12.3. The Morgan fingerprint density at radius 2 is 2.10 bits per heavy atom. The number of rotatable bonds is 7. The molecular weight excluding hydrogens is 312 g/mol. The number of sulfonamides is 1. The van der Waals surface area contributed by atoms with Gasteiger partial charge in [0.25, 0.3) is 0 Å². The molecule has 0 amide bonds. The summed E-state index contributed by atoms with van der Waals surface area (Å²) in [6.45, 7) is 1.07. The molecule has 0 atom stereocenters. The molecule has 1 aliphatic carbocycles. The van der Waals surface area contributed by atoms with Gasteiger partial charge in [-0.15, -0.1) is 11.3 Å². The van der Waals surface area contributed by atoms with E-state index in [1.54, 1.807) is 17.8 Å². The second-order valence-electron chi connectivity index (χ2n) is 5.18. The topological polar surface area (TPSA) is 72.2 Å². The molecule has 0 bridgehead atoms. The highest BCUT2D eigenvalue weighted by molar-refractivity contribution is 8.00. The highest BCUT2D eigenvalue weighted by Crippen LogP contribution is 2.39. The monoisotopic (exact) mass is 334 g/mol. The van der Waals surface area contributed by atoms with Crippen molar-refractivity contribution in [1.82, 2.24) is 4.72 Å². The van der Waals surface area contributed by atoms with E-state index in [1.165, 1.54) is 24.2 Å². The number of hydrogen-bond acceptors (Lipinski definition) is 5. The van der Waals surface area contributed by atoms with Crippen LogP contribution in [0.1, 0.15) is 30.6 Å². The van der Waals surface area contributed by atoms with Crippen LogP contribution in [0, 0.1) is 0 Å². The zero-order valence-electron chi connectivity index (χ0n) is 11.7. The van der Waals surface area contributed by atoms with Gasteiger partial charge in [0.15, 0.2) is 0 Å². The quantitative estimate of drug-likeness (QED) is 0.802. The molecule has 7 heteroatoms. The lowest BCUT2D eigenvalue weighted by Crippen LogP contribution is -2.38. The molecule has 1 fully saturated rings. The summed E-state index contributed by atoms with van der Waals surface area (Å²) in [5, 5.41) is 0. The number of nitrogens with one attached hydrogen (secondary N) is 1. The fraction of sp³-hybridized carbons (Fsp3) is 0.692. The molecule has 1 saturated carbocycles. The van der Waals surface area contributed by atoms with Crippen LogP contribution in [-0.2, 0) is 16.4 Å². The second-order valence-corrected chi connectivity index (χ2v) is 9.61. The van der Waals surface area contributed by atoms with Crippen molar-refractivity contribution in [3.8, 4) is 0 Å². The van der Waals surface area contributed by atoms with E-state index in [0.29, 0.717) is 17.3 Å². The van der Waals surface area contributed by atoms with Crippen LogP contribution in [0.15, 0.2) is 16.3 Å². The van der Waals surface area contributed by atoms with Gasteiger partial charge >= 0.3 is 0 Å². The van der Waals surface area contributed by atoms with Gasteiger partial charge in [-0.2, -0.15) is 11.8 Å². The summed E-state index contributed by atoms with van der Waals surface area (Å²) in [4.78, 5) is 1.02. The summed E-state index contributed by atoms with van der Waals surface area (Å²) in [7, 11) is -3.38. The van der Waals surface area contributed by atoms with Gasteiger partial charge in [-0.05, 0) is 44.2 Å².